The molecular weight excluding hydrogens is 350 g/mol. The minimum atomic E-state index is 0.0427. The van der Waals surface area contributed by atoms with Gasteiger partial charge in [0.05, 0.1) is 0 Å². The van der Waals surface area contributed by atoms with E-state index < -0.39 is 0 Å². The fraction of sp³-hybridized carbons (Fsp3) is 0.467. The molecule has 0 radical (unpaired) electrons. The van der Waals surface area contributed by atoms with Gasteiger partial charge in [-0.15, -0.1) is 0 Å². The van der Waals surface area contributed by atoms with E-state index in [4.69, 9.17) is 18.0 Å². The van der Waals surface area contributed by atoms with Gasteiger partial charge in [0.1, 0.15) is 4.99 Å². The molecule has 1 heterocycles. The summed E-state index contributed by atoms with van der Waals surface area (Å²) in [5.74, 6) is 0.593. The molecule has 4 nitrogen and oxygen atoms in total. The third-order valence-electron chi connectivity index (χ3n) is 3.82. The van der Waals surface area contributed by atoms with E-state index in [-0.39, 0.29) is 5.91 Å². The molecular formula is C15H20BrN3OS. The molecule has 21 heavy (non-hydrogen) atoms. The Morgan fingerprint density at radius 1 is 1.48 bits per heavy atom. The van der Waals surface area contributed by atoms with E-state index in [1.807, 2.05) is 12.1 Å². The lowest BCUT2D eigenvalue weighted by molar-refractivity contribution is -0.119. The van der Waals surface area contributed by atoms with Crippen LogP contribution >= 0.6 is 28.1 Å². The molecule has 114 valence electrons. The lowest BCUT2D eigenvalue weighted by Crippen LogP contribution is -2.39. The highest BCUT2D eigenvalue weighted by Gasteiger charge is 2.21. The van der Waals surface area contributed by atoms with Crippen LogP contribution in [0.1, 0.15) is 25.3 Å². The summed E-state index contributed by atoms with van der Waals surface area (Å²) in [6.45, 7) is 4.25. The molecule has 1 aliphatic heterocycles. The molecule has 0 aliphatic carbocycles. The second-order valence-electron chi connectivity index (χ2n) is 5.39. The Kier molecular flexibility index (Phi) is 5.58. The van der Waals surface area contributed by atoms with Gasteiger partial charge in [-0.3, -0.25) is 4.79 Å². The van der Waals surface area contributed by atoms with Crippen LogP contribution in [0.2, 0.25) is 0 Å². The van der Waals surface area contributed by atoms with Crippen LogP contribution in [-0.4, -0.2) is 30.5 Å². The summed E-state index contributed by atoms with van der Waals surface area (Å²) in [5.41, 5.74) is 7.85. The van der Waals surface area contributed by atoms with E-state index in [1.54, 1.807) is 6.92 Å². The normalized spacial score (nSPS) is 15.8. The highest BCUT2D eigenvalue weighted by atomic mass is 79.9. The van der Waals surface area contributed by atoms with Crippen LogP contribution in [0.25, 0.3) is 0 Å². The Morgan fingerprint density at radius 2 is 2.14 bits per heavy atom. The number of rotatable bonds is 4. The van der Waals surface area contributed by atoms with Crippen LogP contribution < -0.4 is 16.0 Å². The number of nitrogens with two attached hydrogens (primary N) is 1. The van der Waals surface area contributed by atoms with Crippen LogP contribution in [0.4, 0.5) is 5.69 Å². The number of amides is 1. The second kappa shape index (κ2) is 7.22. The lowest BCUT2D eigenvalue weighted by atomic mass is 9.96. The minimum Gasteiger partial charge on any atom is -0.389 e. The summed E-state index contributed by atoms with van der Waals surface area (Å²) < 4.78 is 0.981. The summed E-state index contributed by atoms with van der Waals surface area (Å²) in [6, 6.07) is 6.05. The largest absolute Gasteiger partial charge is 0.389 e. The van der Waals surface area contributed by atoms with Gasteiger partial charge in [0, 0.05) is 42.3 Å². The van der Waals surface area contributed by atoms with Crippen molar-refractivity contribution in [1.29, 1.82) is 0 Å². The highest BCUT2D eigenvalue weighted by molar-refractivity contribution is 9.10. The molecule has 1 aromatic carbocycles. The molecule has 0 aromatic heterocycles. The Balaban J connectivity index is 2.02. The molecule has 1 amide bonds. The molecule has 3 N–H and O–H groups in total. The fourth-order valence-corrected chi connectivity index (χ4v) is 3.17. The van der Waals surface area contributed by atoms with Gasteiger partial charge in [0.15, 0.2) is 0 Å². The van der Waals surface area contributed by atoms with Crippen LogP contribution in [0.15, 0.2) is 22.7 Å². The van der Waals surface area contributed by atoms with Crippen molar-refractivity contribution in [2.75, 3.05) is 24.5 Å². The van der Waals surface area contributed by atoms with E-state index >= 15 is 0 Å². The SMILES string of the molecule is CC(=O)NCC1CCN(c2ccc(Br)cc2C(N)=S)CC1. The third-order valence-corrected chi connectivity index (χ3v) is 4.53. The predicted octanol–water partition coefficient (Wildman–Crippen LogP) is 2.44. The van der Waals surface area contributed by atoms with Crippen LogP contribution in [-0.2, 0) is 4.79 Å². The number of hydrogen-bond donors (Lipinski definition) is 2. The summed E-state index contributed by atoms with van der Waals surface area (Å²) in [4.78, 5) is 13.7. The zero-order chi connectivity index (χ0) is 15.4. The maximum Gasteiger partial charge on any atom is 0.216 e. The van der Waals surface area contributed by atoms with E-state index in [2.05, 4.69) is 32.2 Å². The minimum absolute atomic E-state index is 0.0427. The zero-order valence-electron chi connectivity index (χ0n) is 12.1. The topological polar surface area (TPSA) is 58.4 Å². The third kappa shape index (κ3) is 4.41. The molecule has 1 aliphatic rings. The summed E-state index contributed by atoms with van der Waals surface area (Å²) in [5, 5.41) is 2.90. The maximum absolute atomic E-state index is 11.0. The van der Waals surface area contributed by atoms with Gasteiger partial charge in [-0.05, 0) is 37.0 Å². The number of thiocarbonyl (C=S) groups is 1. The van der Waals surface area contributed by atoms with Crippen molar-refractivity contribution in [3.8, 4) is 0 Å². The van der Waals surface area contributed by atoms with Gasteiger partial charge < -0.3 is 16.0 Å². The van der Waals surface area contributed by atoms with Gasteiger partial charge >= 0.3 is 0 Å². The fourth-order valence-electron chi connectivity index (χ4n) is 2.65. The standard InChI is InChI=1S/C15H20BrN3OS/c1-10(20)18-9-11-4-6-19(7-5-11)14-3-2-12(16)8-13(14)15(17)21/h2-3,8,11H,4-7,9H2,1H3,(H2,17,21)(H,18,20). The first kappa shape index (κ1) is 16.2. The Hall–Kier alpha value is -1.14. The highest BCUT2D eigenvalue weighted by Crippen LogP contribution is 2.28. The number of anilines is 1. The van der Waals surface area contributed by atoms with Gasteiger partial charge in [-0.2, -0.15) is 0 Å². The van der Waals surface area contributed by atoms with Crippen molar-refractivity contribution in [1.82, 2.24) is 5.32 Å². The number of nitrogens with zero attached hydrogens (tertiary/aromatic N) is 1. The van der Waals surface area contributed by atoms with Crippen molar-refractivity contribution in [2.24, 2.45) is 11.7 Å². The first-order valence-corrected chi connectivity index (χ1v) is 8.26. The monoisotopic (exact) mass is 369 g/mol. The molecule has 1 aromatic rings. The first-order chi connectivity index (χ1) is 9.97. The molecule has 1 fully saturated rings. The summed E-state index contributed by atoms with van der Waals surface area (Å²) >= 11 is 8.61. The molecule has 0 spiro atoms. The number of carbonyl (C=O) groups is 1. The van der Waals surface area contributed by atoms with Gasteiger partial charge in [0.25, 0.3) is 0 Å². The van der Waals surface area contributed by atoms with Gasteiger partial charge in [-0.1, -0.05) is 28.1 Å². The smallest absolute Gasteiger partial charge is 0.216 e. The van der Waals surface area contributed by atoms with Crippen molar-refractivity contribution >= 4 is 44.7 Å². The average Bonchev–Trinajstić information content (AvgIpc) is 2.45. The predicted molar refractivity (Wildman–Crippen MR) is 93.7 cm³/mol. The van der Waals surface area contributed by atoms with E-state index in [0.717, 1.165) is 48.2 Å². The van der Waals surface area contributed by atoms with Crippen molar-refractivity contribution in [2.45, 2.75) is 19.8 Å². The van der Waals surface area contributed by atoms with Gasteiger partial charge in [0.2, 0.25) is 5.91 Å². The number of benzene rings is 1. The lowest BCUT2D eigenvalue weighted by Gasteiger charge is -2.34. The first-order valence-electron chi connectivity index (χ1n) is 7.06. The number of nitrogens with one attached hydrogen (secondary N) is 1. The number of halogens is 1. The summed E-state index contributed by atoms with van der Waals surface area (Å²) in [6.07, 6.45) is 2.13. The average molecular weight is 370 g/mol. The van der Waals surface area contributed by atoms with E-state index in [0.29, 0.717) is 10.9 Å². The van der Waals surface area contributed by atoms with Crippen LogP contribution in [0, 0.1) is 5.92 Å². The molecule has 0 bridgehead atoms. The molecule has 2 rings (SSSR count). The van der Waals surface area contributed by atoms with Crippen molar-refractivity contribution in [3.05, 3.63) is 28.2 Å². The van der Waals surface area contributed by atoms with Crippen molar-refractivity contribution in [3.63, 3.8) is 0 Å². The maximum atomic E-state index is 11.0. The Labute approximate surface area is 139 Å². The molecule has 0 atom stereocenters. The second-order valence-corrected chi connectivity index (χ2v) is 6.75. The Bertz CT molecular complexity index is 542. The number of carbonyl (C=O) groups excluding carboxylic acids is 1. The quantitative estimate of drug-likeness (QED) is 0.800. The number of piperidine rings is 1. The molecule has 1 saturated heterocycles. The van der Waals surface area contributed by atoms with Crippen molar-refractivity contribution < 1.29 is 4.79 Å². The van der Waals surface area contributed by atoms with E-state index in [1.165, 1.54) is 0 Å². The number of hydrogen-bond acceptors (Lipinski definition) is 3. The van der Waals surface area contributed by atoms with Crippen LogP contribution in [0.3, 0.4) is 0 Å². The molecule has 6 heteroatoms. The van der Waals surface area contributed by atoms with E-state index in [9.17, 15) is 4.79 Å². The molecule has 0 unspecified atom stereocenters. The Morgan fingerprint density at radius 3 is 2.71 bits per heavy atom. The molecule has 0 saturated carbocycles. The van der Waals surface area contributed by atoms with Crippen LogP contribution in [0.5, 0.6) is 0 Å². The zero-order valence-corrected chi connectivity index (χ0v) is 14.5. The van der Waals surface area contributed by atoms with Gasteiger partial charge in [-0.25, -0.2) is 0 Å². The summed E-state index contributed by atoms with van der Waals surface area (Å²) in [7, 11) is 0.